The first-order valence-corrected chi connectivity index (χ1v) is 10.0. The summed E-state index contributed by atoms with van der Waals surface area (Å²) in [5.74, 6) is 0.794. The minimum Gasteiger partial charge on any atom is -0.385 e. The first kappa shape index (κ1) is 11.7. The van der Waals surface area contributed by atoms with E-state index in [-0.39, 0.29) is 0 Å². The molecule has 16 heavy (non-hydrogen) atoms. The van der Waals surface area contributed by atoms with Gasteiger partial charge in [-0.1, -0.05) is 43.9 Å². The summed E-state index contributed by atoms with van der Waals surface area (Å²) in [7, 11) is -0.958. The van der Waals surface area contributed by atoms with Crippen LogP contribution in [0.25, 0.3) is 0 Å². The van der Waals surface area contributed by atoms with Gasteiger partial charge in [0.05, 0.1) is 0 Å². The van der Waals surface area contributed by atoms with Crippen molar-refractivity contribution in [3.05, 3.63) is 29.3 Å². The second-order valence-electron chi connectivity index (χ2n) is 6.22. The van der Waals surface area contributed by atoms with Crippen LogP contribution in [0.5, 0.6) is 0 Å². The summed E-state index contributed by atoms with van der Waals surface area (Å²) in [6, 6.07) is 8.16. The lowest BCUT2D eigenvalue weighted by Gasteiger charge is -2.31. The van der Waals surface area contributed by atoms with Crippen LogP contribution in [-0.2, 0) is 0 Å². The van der Waals surface area contributed by atoms with E-state index in [4.69, 9.17) is 0 Å². The van der Waals surface area contributed by atoms with Crippen LogP contribution in [0.1, 0.15) is 23.5 Å². The quantitative estimate of drug-likeness (QED) is 0.754. The van der Waals surface area contributed by atoms with Crippen molar-refractivity contribution < 1.29 is 0 Å². The molecule has 0 spiro atoms. The smallest absolute Gasteiger partial charge is 0.0448 e. The third kappa shape index (κ3) is 2.49. The minimum atomic E-state index is -0.958. The van der Waals surface area contributed by atoms with Gasteiger partial charge in [0.25, 0.3) is 0 Å². The molecule has 1 atom stereocenters. The van der Waals surface area contributed by atoms with Gasteiger partial charge < -0.3 is 5.32 Å². The number of nitrogens with one attached hydrogen (secondary N) is 1. The molecule has 88 valence electrons. The summed E-state index contributed by atoms with van der Waals surface area (Å²) in [6.07, 6.45) is 1.31. The highest BCUT2D eigenvalue weighted by Gasteiger charge is 2.26. The van der Waals surface area contributed by atoms with Gasteiger partial charge in [0.2, 0.25) is 0 Å². The van der Waals surface area contributed by atoms with Gasteiger partial charge >= 0.3 is 0 Å². The fourth-order valence-corrected chi connectivity index (χ4v) is 4.65. The number of para-hydroxylation sites is 1. The molecular weight excluding hydrogens is 210 g/mol. The van der Waals surface area contributed by atoms with Crippen molar-refractivity contribution >= 4 is 13.8 Å². The molecular formula is C14H23NSi. The Balaban J connectivity index is 2.30. The number of fused-ring (bicyclic) bond motifs is 1. The standard InChI is InChI=1S/C14H23NSi/c1-11-6-5-7-13-12(10-16(2,3)4)8-9-15-14(11)13/h5-7,12,15H,8-10H2,1-4H3. The molecule has 0 saturated carbocycles. The van der Waals surface area contributed by atoms with E-state index in [9.17, 15) is 0 Å². The van der Waals surface area contributed by atoms with Crippen molar-refractivity contribution in [3.8, 4) is 0 Å². The van der Waals surface area contributed by atoms with Crippen LogP contribution in [0.15, 0.2) is 18.2 Å². The predicted octanol–water partition coefficient (Wildman–Crippen LogP) is 4.23. The third-order valence-corrected chi connectivity index (χ3v) is 5.12. The van der Waals surface area contributed by atoms with E-state index >= 15 is 0 Å². The van der Waals surface area contributed by atoms with Gasteiger partial charge in [-0.3, -0.25) is 0 Å². The van der Waals surface area contributed by atoms with E-state index in [1.54, 1.807) is 5.56 Å². The van der Waals surface area contributed by atoms with E-state index in [2.05, 4.69) is 50.1 Å². The normalized spacial score (nSPS) is 20.1. The van der Waals surface area contributed by atoms with Crippen molar-refractivity contribution in [2.75, 3.05) is 11.9 Å². The van der Waals surface area contributed by atoms with Crippen molar-refractivity contribution in [1.82, 2.24) is 0 Å². The molecule has 1 aromatic rings. The van der Waals surface area contributed by atoms with Crippen LogP contribution in [0, 0.1) is 6.92 Å². The highest BCUT2D eigenvalue weighted by Crippen LogP contribution is 2.38. The average molecular weight is 233 g/mol. The first-order chi connectivity index (χ1) is 7.47. The van der Waals surface area contributed by atoms with E-state index in [0.717, 1.165) is 12.5 Å². The second-order valence-corrected chi connectivity index (χ2v) is 11.7. The summed E-state index contributed by atoms with van der Waals surface area (Å²) in [6.45, 7) is 10.8. The van der Waals surface area contributed by atoms with Gasteiger partial charge in [-0.15, -0.1) is 0 Å². The van der Waals surface area contributed by atoms with Gasteiger partial charge in [0.15, 0.2) is 0 Å². The fraction of sp³-hybridized carbons (Fsp3) is 0.571. The van der Waals surface area contributed by atoms with Gasteiger partial charge in [-0.05, 0) is 30.4 Å². The Hall–Kier alpha value is -0.763. The molecule has 1 aliphatic heterocycles. The maximum Gasteiger partial charge on any atom is 0.0448 e. The predicted molar refractivity (Wildman–Crippen MR) is 75.2 cm³/mol. The Morgan fingerprint density at radius 1 is 1.31 bits per heavy atom. The summed E-state index contributed by atoms with van der Waals surface area (Å²) in [5, 5.41) is 3.56. The molecule has 1 nitrogen and oxygen atoms in total. The lowest BCUT2D eigenvalue weighted by molar-refractivity contribution is 0.673. The molecule has 0 aliphatic carbocycles. The SMILES string of the molecule is Cc1cccc2c1NCCC2C[Si](C)(C)C. The number of hydrogen-bond donors (Lipinski definition) is 1. The first-order valence-electron chi connectivity index (χ1n) is 6.31. The lowest BCUT2D eigenvalue weighted by atomic mass is 9.91. The largest absolute Gasteiger partial charge is 0.385 e. The molecule has 1 aliphatic rings. The van der Waals surface area contributed by atoms with Crippen molar-refractivity contribution in [1.29, 1.82) is 0 Å². The van der Waals surface area contributed by atoms with E-state index in [0.29, 0.717) is 0 Å². The molecule has 1 heterocycles. The Labute approximate surface area is 100 Å². The number of anilines is 1. The number of rotatable bonds is 2. The summed E-state index contributed by atoms with van der Waals surface area (Å²) >= 11 is 0. The molecule has 0 saturated heterocycles. The van der Waals surface area contributed by atoms with Crippen LogP contribution in [0.4, 0.5) is 5.69 Å². The van der Waals surface area contributed by atoms with E-state index < -0.39 is 8.07 Å². The zero-order valence-corrected chi connectivity index (χ0v) is 11.9. The van der Waals surface area contributed by atoms with Gasteiger partial charge in [-0.2, -0.15) is 0 Å². The fourth-order valence-electron chi connectivity index (χ4n) is 2.75. The van der Waals surface area contributed by atoms with Gasteiger partial charge in [0.1, 0.15) is 0 Å². The van der Waals surface area contributed by atoms with Crippen molar-refractivity contribution in [2.45, 2.75) is 44.9 Å². The molecule has 0 bridgehead atoms. The molecule has 0 aromatic heterocycles. The Morgan fingerprint density at radius 3 is 2.75 bits per heavy atom. The summed E-state index contributed by atoms with van der Waals surface area (Å²) in [5.41, 5.74) is 4.38. The Morgan fingerprint density at radius 2 is 2.06 bits per heavy atom. The molecule has 0 radical (unpaired) electrons. The summed E-state index contributed by atoms with van der Waals surface area (Å²) < 4.78 is 0. The van der Waals surface area contributed by atoms with Crippen molar-refractivity contribution in [3.63, 3.8) is 0 Å². The monoisotopic (exact) mass is 233 g/mol. The molecule has 1 aromatic carbocycles. The minimum absolute atomic E-state index is 0.794. The molecule has 1 N–H and O–H groups in total. The lowest BCUT2D eigenvalue weighted by Crippen LogP contribution is -2.27. The van der Waals surface area contributed by atoms with Gasteiger partial charge in [0, 0.05) is 20.3 Å². The maximum atomic E-state index is 3.56. The number of hydrogen-bond acceptors (Lipinski definition) is 1. The second kappa shape index (κ2) is 4.25. The van der Waals surface area contributed by atoms with Crippen molar-refractivity contribution in [2.24, 2.45) is 0 Å². The molecule has 0 fully saturated rings. The zero-order chi connectivity index (χ0) is 11.8. The number of aryl methyl sites for hydroxylation is 1. The molecule has 1 unspecified atom stereocenters. The van der Waals surface area contributed by atoms with Crippen LogP contribution in [0.3, 0.4) is 0 Å². The van der Waals surface area contributed by atoms with Crippen LogP contribution in [0.2, 0.25) is 25.7 Å². The Bertz CT molecular complexity index is 379. The Kier molecular flexibility index (Phi) is 3.11. The average Bonchev–Trinajstić information content (AvgIpc) is 2.17. The van der Waals surface area contributed by atoms with Crippen LogP contribution < -0.4 is 5.32 Å². The zero-order valence-electron chi connectivity index (χ0n) is 10.9. The third-order valence-electron chi connectivity index (χ3n) is 3.40. The van der Waals surface area contributed by atoms with Gasteiger partial charge in [-0.25, -0.2) is 0 Å². The number of benzene rings is 1. The van der Waals surface area contributed by atoms with Crippen LogP contribution >= 0.6 is 0 Å². The maximum absolute atomic E-state index is 3.56. The van der Waals surface area contributed by atoms with Crippen LogP contribution in [-0.4, -0.2) is 14.6 Å². The van der Waals surface area contributed by atoms with E-state index in [1.165, 1.54) is 23.7 Å². The highest BCUT2D eigenvalue weighted by molar-refractivity contribution is 6.76. The summed E-state index contributed by atoms with van der Waals surface area (Å²) in [4.78, 5) is 0. The molecule has 0 amide bonds. The highest BCUT2D eigenvalue weighted by atomic mass is 28.3. The van der Waals surface area contributed by atoms with E-state index in [1.807, 2.05) is 0 Å². The topological polar surface area (TPSA) is 12.0 Å². The molecule has 2 rings (SSSR count). The molecule has 2 heteroatoms.